The van der Waals surface area contributed by atoms with Gasteiger partial charge in [0.15, 0.2) is 0 Å². The van der Waals surface area contributed by atoms with E-state index in [0.717, 1.165) is 28.8 Å². The zero-order valence-electron chi connectivity index (χ0n) is 6.69. The van der Waals surface area contributed by atoms with Crippen LogP contribution in [-0.4, -0.2) is 4.98 Å². The number of aromatic nitrogens is 1. The third-order valence-corrected chi connectivity index (χ3v) is 4.83. The standard InChI is InChI=1S/C9H3Br4N/c10-4-1-5-8(13)7(12)3-14-9(5)6(11)2-4/h1-3H. The van der Waals surface area contributed by atoms with E-state index in [1.54, 1.807) is 6.20 Å². The van der Waals surface area contributed by atoms with Crippen molar-refractivity contribution in [1.29, 1.82) is 0 Å². The minimum absolute atomic E-state index is 0.947. The highest BCUT2D eigenvalue weighted by Crippen LogP contribution is 2.35. The highest BCUT2D eigenvalue weighted by Gasteiger charge is 2.07. The Morgan fingerprint density at radius 3 is 2.36 bits per heavy atom. The summed E-state index contributed by atoms with van der Waals surface area (Å²) in [5.74, 6) is 0. The lowest BCUT2D eigenvalue weighted by molar-refractivity contribution is 1.36. The fourth-order valence-corrected chi connectivity index (χ4v) is 3.22. The van der Waals surface area contributed by atoms with Gasteiger partial charge in [0.05, 0.1) is 9.99 Å². The quantitative estimate of drug-likeness (QED) is 0.538. The number of fused-ring (bicyclic) bond motifs is 1. The van der Waals surface area contributed by atoms with E-state index in [0.29, 0.717) is 0 Å². The second-order valence-corrected chi connectivity index (χ2v) is 6.12. The normalized spacial score (nSPS) is 10.9. The van der Waals surface area contributed by atoms with E-state index >= 15 is 0 Å². The van der Waals surface area contributed by atoms with Gasteiger partial charge < -0.3 is 0 Å². The Morgan fingerprint density at radius 2 is 1.64 bits per heavy atom. The molecular formula is C9H3Br4N. The van der Waals surface area contributed by atoms with Crippen LogP contribution < -0.4 is 0 Å². The van der Waals surface area contributed by atoms with Gasteiger partial charge in [-0.1, -0.05) is 15.9 Å². The first-order chi connectivity index (χ1) is 6.59. The smallest absolute Gasteiger partial charge is 0.0856 e. The Bertz CT molecular complexity index is 510. The Morgan fingerprint density at radius 1 is 0.929 bits per heavy atom. The van der Waals surface area contributed by atoms with Crippen molar-refractivity contribution in [2.24, 2.45) is 0 Å². The molecule has 0 saturated heterocycles. The Labute approximate surface area is 115 Å². The van der Waals surface area contributed by atoms with Gasteiger partial charge in [0.25, 0.3) is 0 Å². The predicted octanol–water partition coefficient (Wildman–Crippen LogP) is 5.28. The van der Waals surface area contributed by atoms with Crippen LogP contribution in [0.1, 0.15) is 0 Å². The topological polar surface area (TPSA) is 12.9 Å². The monoisotopic (exact) mass is 441 g/mol. The van der Waals surface area contributed by atoms with Crippen LogP contribution >= 0.6 is 63.7 Å². The second-order valence-electron chi connectivity index (χ2n) is 2.70. The molecular weight excluding hydrogens is 442 g/mol. The van der Waals surface area contributed by atoms with Gasteiger partial charge in [-0.25, -0.2) is 0 Å². The van der Waals surface area contributed by atoms with Crippen molar-refractivity contribution in [3.63, 3.8) is 0 Å². The zero-order valence-corrected chi connectivity index (χ0v) is 13.0. The number of pyridine rings is 1. The molecule has 1 heterocycles. The first kappa shape index (κ1) is 11.0. The highest BCUT2D eigenvalue weighted by atomic mass is 79.9. The van der Waals surface area contributed by atoms with Gasteiger partial charge >= 0.3 is 0 Å². The van der Waals surface area contributed by atoms with Gasteiger partial charge in [-0.15, -0.1) is 0 Å². The number of hydrogen-bond acceptors (Lipinski definition) is 1. The van der Waals surface area contributed by atoms with Crippen molar-refractivity contribution in [2.75, 3.05) is 0 Å². The highest BCUT2D eigenvalue weighted by molar-refractivity contribution is 9.13. The predicted molar refractivity (Wildman–Crippen MR) is 72.5 cm³/mol. The fourth-order valence-electron chi connectivity index (χ4n) is 1.17. The van der Waals surface area contributed by atoms with Crippen molar-refractivity contribution in [1.82, 2.24) is 4.98 Å². The average Bonchev–Trinajstić information content (AvgIpc) is 2.12. The number of rotatable bonds is 0. The van der Waals surface area contributed by atoms with Crippen LogP contribution in [0.4, 0.5) is 0 Å². The summed E-state index contributed by atoms with van der Waals surface area (Å²) in [6.45, 7) is 0. The van der Waals surface area contributed by atoms with Crippen LogP contribution in [0.15, 0.2) is 36.2 Å². The van der Waals surface area contributed by atoms with Gasteiger partial charge in [-0.2, -0.15) is 0 Å². The molecule has 0 bridgehead atoms. The van der Waals surface area contributed by atoms with Crippen LogP contribution in [0.25, 0.3) is 10.9 Å². The number of halogens is 4. The maximum absolute atomic E-state index is 4.34. The third kappa shape index (κ3) is 1.92. The summed E-state index contributed by atoms with van der Waals surface area (Å²) in [6.07, 6.45) is 1.78. The molecule has 72 valence electrons. The van der Waals surface area contributed by atoms with E-state index in [4.69, 9.17) is 0 Å². The van der Waals surface area contributed by atoms with Gasteiger partial charge in [-0.3, -0.25) is 4.98 Å². The van der Waals surface area contributed by atoms with Crippen molar-refractivity contribution in [2.45, 2.75) is 0 Å². The first-order valence-corrected chi connectivity index (χ1v) is 6.85. The average molecular weight is 445 g/mol. The van der Waals surface area contributed by atoms with Crippen LogP contribution in [0.5, 0.6) is 0 Å². The molecule has 0 unspecified atom stereocenters. The third-order valence-electron chi connectivity index (χ3n) is 1.78. The molecule has 0 spiro atoms. The zero-order chi connectivity index (χ0) is 10.3. The Balaban J connectivity index is 2.95. The molecule has 1 nitrogen and oxygen atoms in total. The molecule has 5 heteroatoms. The van der Waals surface area contributed by atoms with E-state index in [1.807, 2.05) is 12.1 Å². The molecule has 0 N–H and O–H groups in total. The minimum Gasteiger partial charge on any atom is -0.254 e. The molecule has 0 aliphatic heterocycles. The summed E-state index contributed by atoms with van der Waals surface area (Å²) in [5, 5.41) is 1.07. The lowest BCUT2D eigenvalue weighted by Gasteiger charge is -2.04. The SMILES string of the molecule is Brc1cc(Br)c2ncc(Br)c(Br)c2c1. The molecule has 0 amide bonds. The largest absolute Gasteiger partial charge is 0.254 e. The first-order valence-electron chi connectivity index (χ1n) is 3.68. The number of nitrogens with zero attached hydrogens (tertiary/aromatic N) is 1. The lowest BCUT2D eigenvalue weighted by Crippen LogP contribution is -1.83. The number of benzene rings is 1. The van der Waals surface area contributed by atoms with Crippen molar-refractivity contribution in [3.8, 4) is 0 Å². The molecule has 0 aliphatic rings. The van der Waals surface area contributed by atoms with Crippen LogP contribution in [0.2, 0.25) is 0 Å². The maximum Gasteiger partial charge on any atom is 0.0856 e. The van der Waals surface area contributed by atoms with E-state index < -0.39 is 0 Å². The summed E-state index contributed by atoms with van der Waals surface area (Å²) in [7, 11) is 0. The lowest BCUT2D eigenvalue weighted by atomic mass is 10.2. The van der Waals surface area contributed by atoms with Gasteiger partial charge in [0.2, 0.25) is 0 Å². The van der Waals surface area contributed by atoms with Crippen molar-refractivity contribution < 1.29 is 0 Å². The summed E-state index contributed by atoms with van der Waals surface area (Å²) >= 11 is 13.9. The van der Waals surface area contributed by atoms with E-state index in [2.05, 4.69) is 68.7 Å². The molecule has 1 aromatic carbocycles. The van der Waals surface area contributed by atoms with Crippen molar-refractivity contribution in [3.05, 3.63) is 36.2 Å². The molecule has 0 saturated carbocycles. The van der Waals surface area contributed by atoms with Crippen LogP contribution in [0.3, 0.4) is 0 Å². The van der Waals surface area contributed by atoms with Crippen LogP contribution in [-0.2, 0) is 0 Å². The Kier molecular flexibility index (Phi) is 3.31. The number of hydrogen-bond donors (Lipinski definition) is 0. The Hall–Kier alpha value is 0.550. The molecule has 14 heavy (non-hydrogen) atoms. The maximum atomic E-state index is 4.34. The molecule has 1 aromatic heterocycles. The van der Waals surface area contributed by atoms with E-state index in [1.165, 1.54) is 0 Å². The van der Waals surface area contributed by atoms with Gasteiger partial charge in [0.1, 0.15) is 0 Å². The van der Waals surface area contributed by atoms with Crippen molar-refractivity contribution >= 4 is 74.6 Å². The van der Waals surface area contributed by atoms with Crippen LogP contribution in [0, 0.1) is 0 Å². The summed E-state index contributed by atoms with van der Waals surface area (Å²) < 4.78 is 3.98. The molecule has 0 radical (unpaired) electrons. The molecule has 0 fully saturated rings. The molecule has 2 aromatic rings. The molecule has 0 atom stereocenters. The summed E-state index contributed by atoms with van der Waals surface area (Å²) in [6, 6.07) is 4.01. The van der Waals surface area contributed by atoms with Gasteiger partial charge in [-0.05, 0) is 59.9 Å². The van der Waals surface area contributed by atoms with E-state index in [9.17, 15) is 0 Å². The van der Waals surface area contributed by atoms with Gasteiger partial charge in [0, 0.05) is 25.0 Å². The van der Waals surface area contributed by atoms with E-state index in [-0.39, 0.29) is 0 Å². The minimum atomic E-state index is 0.947. The second kappa shape index (κ2) is 4.20. The summed E-state index contributed by atoms with van der Waals surface area (Å²) in [5.41, 5.74) is 0.947. The fraction of sp³-hybridized carbons (Fsp3) is 0. The summed E-state index contributed by atoms with van der Waals surface area (Å²) in [4.78, 5) is 4.34. The molecule has 0 aliphatic carbocycles. The molecule has 2 rings (SSSR count).